The molecule has 0 radical (unpaired) electrons. The normalized spacial score (nSPS) is 15.1. The van der Waals surface area contributed by atoms with E-state index in [1.54, 1.807) is 34.8 Å². The molecular weight excluding hydrogens is 422 g/mol. The van der Waals surface area contributed by atoms with E-state index in [1.807, 2.05) is 30.3 Å². The maximum Gasteiger partial charge on any atom is 0.276 e. The molecule has 1 N–H and O–H groups in total. The van der Waals surface area contributed by atoms with Gasteiger partial charge in [0.05, 0.1) is 0 Å². The van der Waals surface area contributed by atoms with Gasteiger partial charge in [0, 0.05) is 30.4 Å². The highest BCUT2D eigenvalue weighted by molar-refractivity contribution is 7.03. The van der Waals surface area contributed by atoms with Gasteiger partial charge in [-0.15, -0.1) is 5.10 Å². The van der Waals surface area contributed by atoms with E-state index >= 15 is 0 Å². The third-order valence-corrected chi connectivity index (χ3v) is 6.36. The molecule has 0 bridgehead atoms. The van der Waals surface area contributed by atoms with Crippen molar-refractivity contribution in [1.29, 1.82) is 0 Å². The lowest BCUT2D eigenvalue weighted by Gasteiger charge is -2.33. The summed E-state index contributed by atoms with van der Waals surface area (Å²) < 4.78 is 3.85. The summed E-state index contributed by atoms with van der Waals surface area (Å²) in [5, 5.41) is 8.81. The second-order valence-electron chi connectivity index (χ2n) is 8.05. The van der Waals surface area contributed by atoms with Gasteiger partial charge >= 0.3 is 0 Å². The molecule has 1 atom stereocenters. The summed E-state index contributed by atoms with van der Waals surface area (Å²) in [6.45, 7) is 0.380. The number of aromatic nitrogens is 3. The Morgan fingerprint density at radius 1 is 1.06 bits per heavy atom. The molecule has 1 fully saturated rings. The van der Waals surface area contributed by atoms with Crippen LogP contribution in [-0.2, 0) is 11.2 Å². The number of hydrogen-bond acceptors (Lipinski definition) is 6. The first-order valence-corrected chi connectivity index (χ1v) is 11.9. The van der Waals surface area contributed by atoms with Crippen LogP contribution in [0.25, 0.3) is 0 Å². The maximum absolute atomic E-state index is 13.6. The standard InChI is InChI=1S/C24H27N5O2S/c30-23(26-20-9-5-2-6-10-20)22(19-11-14-25-15-12-19)29(24(31)21-17-32-28-27-21)16-13-18-7-3-1-4-8-18/h1,3-4,7-8,11-12,14-15,17,20,22H,2,5-6,9-10,13,16H2,(H,26,30)/t22-/m1/s1. The largest absolute Gasteiger partial charge is 0.351 e. The van der Waals surface area contributed by atoms with Gasteiger partial charge in [0.25, 0.3) is 5.91 Å². The number of nitrogens with one attached hydrogen (secondary N) is 1. The lowest BCUT2D eigenvalue weighted by atomic mass is 9.94. The minimum Gasteiger partial charge on any atom is -0.351 e. The van der Waals surface area contributed by atoms with E-state index in [9.17, 15) is 9.59 Å². The van der Waals surface area contributed by atoms with E-state index in [0.717, 1.165) is 48.3 Å². The summed E-state index contributed by atoms with van der Waals surface area (Å²) in [7, 11) is 0. The predicted molar refractivity (Wildman–Crippen MR) is 123 cm³/mol. The summed E-state index contributed by atoms with van der Waals surface area (Å²) >= 11 is 1.13. The molecule has 3 aromatic rings. The molecule has 0 aliphatic heterocycles. The maximum atomic E-state index is 13.6. The van der Waals surface area contributed by atoms with Gasteiger partial charge in [0.2, 0.25) is 5.91 Å². The van der Waals surface area contributed by atoms with Crippen molar-refractivity contribution in [3.8, 4) is 0 Å². The minimum atomic E-state index is -0.766. The monoisotopic (exact) mass is 449 g/mol. The molecular formula is C24H27N5O2S. The molecule has 2 amide bonds. The second kappa shape index (κ2) is 10.9. The fraction of sp³-hybridized carbons (Fsp3) is 0.375. The number of amides is 2. The van der Waals surface area contributed by atoms with Crippen LogP contribution in [-0.4, -0.2) is 43.9 Å². The third kappa shape index (κ3) is 5.56. The molecule has 2 heterocycles. The molecule has 1 aliphatic carbocycles. The average molecular weight is 450 g/mol. The van der Waals surface area contributed by atoms with Crippen molar-refractivity contribution in [3.63, 3.8) is 0 Å². The van der Waals surface area contributed by atoms with E-state index in [-0.39, 0.29) is 23.6 Å². The fourth-order valence-electron chi connectivity index (χ4n) is 4.19. The summed E-state index contributed by atoms with van der Waals surface area (Å²) in [5.41, 5.74) is 2.09. The quantitative estimate of drug-likeness (QED) is 0.565. The lowest BCUT2D eigenvalue weighted by molar-refractivity contribution is -0.126. The van der Waals surface area contributed by atoms with Crippen molar-refractivity contribution >= 4 is 23.3 Å². The Bertz CT molecular complexity index is 992. The van der Waals surface area contributed by atoms with Crippen LogP contribution in [0.3, 0.4) is 0 Å². The molecule has 7 nitrogen and oxygen atoms in total. The molecule has 1 saturated carbocycles. The van der Waals surface area contributed by atoms with Crippen molar-refractivity contribution in [2.75, 3.05) is 6.54 Å². The minimum absolute atomic E-state index is 0.146. The molecule has 1 aromatic carbocycles. The fourth-order valence-corrected chi connectivity index (χ4v) is 4.62. The van der Waals surface area contributed by atoms with E-state index < -0.39 is 6.04 Å². The van der Waals surface area contributed by atoms with Crippen LogP contribution < -0.4 is 5.32 Å². The van der Waals surface area contributed by atoms with Crippen molar-refractivity contribution in [2.45, 2.75) is 50.6 Å². The van der Waals surface area contributed by atoms with Crippen LogP contribution in [0.15, 0.2) is 60.2 Å². The highest BCUT2D eigenvalue weighted by Gasteiger charge is 2.34. The smallest absolute Gasteiger partial charge is 0.276 e. The molecule has 0 saturated heterocycles. The van der Waals surface area contributed by atoms with Gasteiger partial charge in [-0.05, 0) is 54.1 Å². The van der Waals surface area contributed by atoms with Crippen LogP contribution >= 0.6 is 11.5 Å². The Balaban J connectivity index is 1.64. The van der Waals surface area contributed by atoms with Crippen LogP contribution in [0.5, 0.6) is 0 Å². The van der Waals surface area contributed by atoms with Crippen molar-refractivity contribution in [2.24, 2.45) is 0 Å². The van der Waals surface area contributed by atoms with Crippen LogP contribution in [0.1, 0.15) is 59.8 Å². The second-order valence-corrected chi connectivity index (χ2v) is 8.66. The SMILES string of the molecule is O=C(NC1CCCCC1)[C@@H](c1ccncc1)N(CCc1ccccc1)C(=O)c1csnn1. The Hall–Kier alpha value is -3.13. The molecule has 166 valence electrons. The first-order valence-electron chi connectivity index (χ1n) is 11.0. The Kier molecular flexibility index (Phi) is 7.55. The van der Waals surface area contributed by atoms with E-state index in [2.05, 4.69) is 19.9 Å². The molecule has 32 heavy (non-hydrogen) atoms. The zero-order chi connectivity index (χ0) is 22.2. The van der Waals surface area contributed by atoms with E-state index in [1.165, 1.54) is 6.42 Å². The Labute approximate surface area is 192 Å². The number of hydrogen-bond donors (Lipinski definition) is 1. The summed E-state index contributed by atoms with van der Waals surface area (Å²) in [6, 6.07) is 12.9. The number of carbonyl (C=O) groups excluding carboxylic acids is 2. The van der Waals surface area contributed by atoms with E-state index in [4.69, 9.17) is 0 Å². The highest BCUT2D eigenvalue weighted by Crippen LogP contribution is 2.25. The topological polar surface area (TPSA) is 88.1 Å². The van der Waals surface area contributed by atoms with Gasteiger partial charge in [-0.1, -0.05) is 54.1 Å². The van der Waals surface area contributed by atoms with Gasteiger partial charge in [-0.3, -0.25) is 14.6 Å². The van der Waals surface area contributed by atoms with Crippen molar-refractivity contribution < 1.29 is 9.59 Å². The first kappa shape index (κ1) is 22.1. The first-order chi connectivity index (χ1) is 15.7. The van der Waals surface area contributed by atoms with Gasteiger partial charge in [0.15, 0.2) is 5.69 Å². The molecule has 0 unspecified atom stereocenters. The van der Waals surface area contributed by atoms with E-state index in [0.29, 0.717) is 13.0 Å². The molecule has 4 rings (SSSR count). The Morgan fingerprint density at radius 2 is 1.81 bits per heavy atom. The van der Waals surface area contributed by atoms with Gasteiger partial charge in [0.1, 0.15) is 6.04 Å². The lowest BCUT2D eigenvalue weighted by Crippen LogP contribution is -2.47. The van der Waals surface area contributed by atoms with Crippen LogP contribution in [0, 0.1) is 0 Å². The molecule has 1 aliphatic rings. The Morgan fingerprint density at radius 3 is 2.50 bits per heavy atom. The van der Waals surface area contributed by atoms with Crippen LogP contribution in [0.2, 0.25) is 0 Å². The van der Waals surface area contributed by atoms with Gasteiger partial charge in [-0.2, -0.15) is 0 Å². The number of pyridine rings is 1. The number of benzene rings is 1. The molecule has 0 spiro atoms. The third-order valence-electron chi connectivity index (χ3n) is 5.86. The molecule has 2 aromatic heterocycles. The summed E-state index contributed by atoms with van der Waals surface area (Å²) in [4.78, 5) is 32.8. The number of nitrogens with zero attached hydrogens (tertiary/aromatic N) is 4. The average Bonchev–Trinajstić information content (AvgIpc) is 3.38. The highest BCUT2D eigenvalue weighted by atomic mass is 32.1. The van der Waals surface area contributed by atoms with Gasteiger partial charge in [-0.25, -0.2) is 0 Å². The zero-order valence-electron chi connectivity index (χ0n) is 17.9. The van der Waals surface area contributed by atoms with Crippen LogP contribution in [0.4, 0.5) is 0 Å². The number of rotatable bonds is 8. The van der Waals surface area contributed by atoms with Gasteiger partial charge < -0.3 is 10.2 Å². The zero-order valence-corrected chi connectivity index (χ0v) is 18.7. The van der Waals surface area contributed by atoms with Crippen molar-refractivity contribution in [1.82, 2.24) is 24.8 Å². The predicted octanol–water partition coefficient (Wildman–Crippen LogP) is 3.81. The number of carbonyl (C=O) groups is 2. The summed E-state index contributed by atoms with van der Waals surface area (Å²) in [5.74, 6) is -0.456. The molecule has 8 heteroatoms. The summed E-state index contributed by atoms with van der Waals surface area (Å²) in [6.07, 6.45) is 9.33. The van der Waals surface area contributed by atoms with Crippen molar-refractivity contribution in [3.05, 3.63) is 77.1 Å².